The Morgan fingerprint density at radius 3 is 1.60 bits per heavy atom. The standard InChI is InChI=1S/C28H40O2/c1-2-3-4-5-6-7-8-9-10-11-12-16-19-26-27(29)22-25(23-28(26)30)21-20-24-17-14-13-15-18-24/h13-15,17-18,20-23,29-30H,2-12,16,19H2,1H3/b21-20-. The number of aromatic hydroxyl groups is 2. The summed E-state index contributed by atoms with van der Waals surface area (Å²) in [6.07, 6.45) is 20.4. The summed E-state index contributed by atoms with van der Waals surface area (Å²) in [5.74, 6) is 0.400. The highest BCUT2D eigenvalue weighted by molar-refractivity contribution is 5.71. The number of benzene rings is 2. The van der Waals surface area contributed by atoms with Crippen molar-refractivity contribution in [1.29, 1.82) is 0 Å². The fraction of sp³-hybridized carbons (Fsp3) is 0.500. The monoisotopic (exact) mass is 408 g/mol. The van der Waals surface area contributed by atoms with E-state index in [9.17, 15) is 10.2 Å². The van der Waals surface area contributed by atoms with Crippen LogP contribution in [0.5, 0.6) is 11.5 Å². The number of rotatable bonds is 15. The Hall–Kier alpha value is -2.22. The van der Waals surface area contributed by atoms with Crippen molar-refractivity contribution in [3.8, 4) is 11.5 Å². The third-order valence-corrected chi connectivity index (χ3v) is 5.77. The predicted octanol–water partition coefficient (Wildman–Crippen LogP) is 8.51. The van der Waals surface area contributed by atoms with Crippen LogP contribution in [0.4, 0.5) is 0 Å². The lowest BCUT2D eigenvalue weighted by Crippen LogP contribution is -1.90. The van der Waals surface area contributed by atoms with Crippen molar-refractivity contribution >= 4 is 12.2 Å². The van der Waals surface area contributed by atoms with Crippen molar-refractivity contribution in [2.24, 2.45) is 0 Å². The second-order valence-corrected chi connectivity index (χ2v) is 8.42. The summed E-state index contributed by atoms with van der Waals surface area (Å²) in [5, 5.41) is 20.7. The first-order valence-electron chi connectivity index (χ1n) is 12.0. The minimum atomic E-state index is 0.200. The fourth-order valence-electron chi connectivity index (χ4n) is 3.91. The van der Waals surface area contributed by atoms with Gasteiger partial charge in [0.2, 0.25) is 0 Å². The molecule has 2 N–H and O–H groups in total. The van der Waals surface area contributed by atoms with Gasteiger partial charge < -0.3 is 10.2 Å². The second kappa shape index (κ2) is 14.7. The third kappa shape index (κ3) is 9.52. The van der Waals surface area contributed by atoms with E-state index >= 15 is 0 Å². The van der Waals surface area contributed by atoms with E-state index < -0.39 is 0 Å². The fourth-order valence-corrected chi connectivity index (χ4v) is 3.91. The maximum atomic E-state index is 10.4. The second-order valence-electron chi connectivity index (χ2n) is 8.42. The highest BCUT2D eigenvalue weighted by Crippen LogP contribution is 2.31. The summed E-state index contributed by atoms with van der Waals surface area (Å²) >= 11 is 0. The van der Waals surface area contributed by atoms with Crippen LogP contribution in [0, 0.1) is 0 Å². The Bertz CT molecular complexity index is 711. The lowest BCUT2D eigenvalue weighted by Gasteiger charge is -2.09. The Labute approximate surface area is 183 Å². The van der Waals surface area contributed by atoms with Gasteiger partial charge in [0.25, 0.3) is 0 Å². The maximum absolute atomic E-state index is 10.4. The molecule has 0 aliphatic carbocycles. The molecular weight excluding hydrogens is 368 g/mol. The van der Waals surface area contributed by atoms with E-state index in [1.807, 2.05) is 42.5 Å². The molecule has 0 atom stereocenters. The molecule has 0 amide bonds. The minimum Gasteiger partial charge on any atom is -0.508 e. The van der Waals surface area contributed by atoms with Gasteiger partial charge in [0.15, 0.2) is 0 Å². The zero-order valence-electron chi connectivity index (χ0n) is 18.8. The van der Waals surface area contributed by atoms with E-state index in [0.717, 1.165) is 30.4 Å². The van der Waals surface area contributed by atoms with Crippen LogP contribution in [0.1, 0.15) is 101 Å². The first-order valence-corrected chi connectivity index (χ1v) is 12.0. The molecule has 2 rings (SSSR count). The van der Waals surface area contributed by atoms with Gasteiger partial charge in [-0.25, -0.2) is 0 Å². The molecule has 0 radical (unpaired) electrons. The van der Waals surface area contributed by atoms with Crippen LogP contribution in [-0.4, -0.2) is 10.2 Å². The van der Waals surface area contributed by atoms with Crippen LogP contribution >= 0.6 is 0 Å². The van der Waals surface area contributed by atoms with Crippen LogP contribution in [0.2, 0.25) is 0 Å². The molecule has 2 aromatic carbocycles. The number of hydrogen-bond donors (Lipinski definition) is 2. The number of unbranched alkanes of at least 4 members (excludes halogenated alkanes) is 11. The largest absolute Gasteiger partial charge is 0.508 e. The molecule has 2 aromatic rings. The van der Waals surface area contributed by atoms with Crippen molar-refractivity contribution in [3.05, 3.63) is 59.2 Å². The molecule has 2 nitrogen and oxygen atoms in total. The normalized spacial score (nSPS) is 11.4. The SMILES string of the molecule is CCCCCCCCCCCCCCc1c(O)cc(/C=C\c2ccccc2)cc1O. The van der Waals surface area contributed by atoms with Gasteiger partial charge in [-0.2, -0.15) is 0 Å². The first-order chi connectivity index (χ1) is 14.7. The van der Waals surface area contributed by atoms with E-state index in [1.165, 1.54) is 64.2 Å². The van der Waals surface area contributed by atoms with E-state index in [0.29, 0.717) is 5.56 Å². The van der Waals surface area contributed by atoms with Crippen molar-refractivity contribution in [3.63, 3.8) is 0 Å². The van der Waals surface area contributed by atoms with Crippen molar-refractivity contribution < 1.29 is 10.2 Å². The molecule has 0 aromatic heterocycles. The molecule has 0 saturated heterocycles. The topological polar surface area (TPSA) is 40.5 Å². The minimum absolute atomic E-state index is 0.200. The van der Waals surface area contributed by atoms with Crippen molar-refractivity contribution in [2.75, 3.05) is 0 Å². The summed E-state index contributed by atoms with van der Waals surface area (Å²) in [7, 11) is 0. The number of phenols is 2. The molecule has 164 valence electrons. The quantitative estimate of drug-likeness (QED) is 0.229. The van der Waals surface area contributed by atoms with Gasteiger partial charge in [0.1, 0.15) is 11.5 Å². The van der Waals surface area contributed by atoms with E-state index in [2.05, 4.69) is 6.92 Å². The van der Waals surface area contributed by atoms with E-state index in [1.54, 1.807) is 12.1 Å². The van der Waals surface area contributed by atoms with Crippen LogP contribution in [0.3, 0.4) is 0 Å². The van der Waals surface area contributed by atoms with Gasteiger partial charge in [-0.15, -0.1) is 0 Å². The Kier molecular flexibility index (Phi) is 11.8. The summed E-state index contributed by atoms with van der Waals surface area (Å²) in [4.78, 5) is 0. The van der Waals surface area contributed by atoms with Crippen molar-refractivity contribution in [1.82, 2.24) is 0 Å². The molecule has 0 saturated carbocycles. The first kappa shape index (κ1) is 24.1. The smallest absolute Gasteiger partial charge is 0.123 e. The predicted molar refractivity (Wildman–Crippen MR) is 130 cm³/mol. The lowest BCUT2D eigenvalue weighted by atomic mass is 10.0. The number of phenolic OH excluding ortho intramolecular Hbond substituents is 2. The molecule has 0 spiro atoms. The molecule has 0 unspecified atom stereocenters. The summed E-state index contributed by atoms with van der Waals surface area (Å²) in [6, 6.07) is 13.5. The van der Waals surface area contributed by atoms with Crippen LogP contribution < -0.4 is 0 Å². The summed E-state index contributed by atoms with van der Waals surface area (Å²) < 4.78 is 0. The lowest BCUT2D eigenvalue weighted by molar-refractivity contribution is 0.435. The average molecular weight is 409 g/mol. The zero-order chi connectivity index (χ0) is 21.4. The van der Waals surface area contributed by atoms with Crippen molar-refractivity contribution in [2.45, 2.75) is 90.4 Å². The van der Waals surface area contributed by atoms with Gasteiger partial charge in [-0.1, -0.05) is 120 Å². The maximum Gasteiger partial charge on any atom is 0.123 e. The molecule has 2 heteroatoms. The van der Waals surface area contributed by atoms with Gasteiger partial charge in [0.05, 0.1) is 0 Å². The van der Waals surface area contributed by atoms with Gasteiger partial charge >= 0.3 is 0 Å². The van der Waals surface area contributed by atoms with Gasteiger partial charge in [-0.3, -0.25) is 0 Å². The molecule has 0 bridgehead atoms. The Morgan fingerprint density at radius 1 is 0.600 bits per heavy atom. The van der Waals surface area contributed by atoms with Crippen LogP contribution in [-0.2, 0) is 6.42 Å². The van der Waals surface area contributed by atoms with Gasteiger partial charge in [0, 0.05) is 5.56 Å². The van der Waals surface area contributed by atoms with Crippen LogP contribution in [0.15, 0.2) is 42.5 Å². The van der Waals surface area contributed by atoms with E-state index in [4.69, 9.17) is 0 Å². The average Bonchev–Trinajstić information content (AvgIpc) is 2.75. The number of hydrogen-bond acceptors (Lipinski definition) is 2. The molecule has 0 fully saturated rings. The Morgan fingerprint density at radius 2 is 1.07 bits per heavy atom. The molecule has 0 aliphatic heterocycles. The molecule has 30 heavy (non-hydrogen) atoms. The summed E-state index contributed by atoms with van der Waals surface area (Å²) in [6.45, 7) is 2.27. The van der Waals surface area contributed by atoms with Gasteiger partial charge in [-0.05, 0) is 36.1 Å². The highest BCUT2D eigenvalue weighted by atomic mass is 16.3. The Balaban J connectivity index is 1.63. The van der Waals surface area contributed by atoms with Crippen LogP contribution in [0.25, 0.3) is 12.2 Å². The summed E-state index contributed by atoms with van der Waals surface area (Å²) in [5.41, 5.74) is 2.59. The third-order valence-electron chi connectivity index (χ3n) is 5.77. The highest BCUT2D eigenvalue weighted by Gasteiger charge is 2.08. The molecular formula is C28H40O2. The molecule has 0 heterocycles. The zero-order valence-corrected chi connectivity index (χ0v) is 18.8. The molecule has 0 aliphatic rings. The van der Waals surface area contributed by atoms with E-state index in [-0.39, 0.29) is 11.5 Å².